The molecule has 0 rings (SSSR count). The van der Waals surface area contributed by atoms with Crippen molar-refractivity contribution in [2.24, 2.45) is 0 Å². The van der Waals surface area contributed by atoms with Crippen LogP contribution >= 0.6 is 0 Å². The summed E-state index contributed by atoms with van der Waals surface area (Å²) in [6, 6.07) is 0. The van der Waals surface area contributed by atoms with Gasteiger partial charge in [0.1, 0.15) is 0 Å². The summed E-state index contributed by atoms with van der Waals surface area (Å²) in [4.78, 5) is 10.9. The fourth-order valence-electron chi connectivity index (χ4n) is 1.38. The minimum absolute atomic E-state index is 0.246. The molecular weight excluding hydrogens is 172 g/mol. The lowest BCUT2D eigenvalue weighted by molar-refractivity contribution is -0.114. The third-order valence-corrected chi connectivity index (χ3v) is 2.38. The van der Waals surface area contributed by atoms with Crippen molar-refractivity contribution in [1.29, 1.82) is 0 Å². The zero-order valence-corrected chi connectivity index (χ0v) is 9.72. The highest BCUT2D eigenvalue weighted by Gasteiger charge is 1.90. The van der Waals surface area contributed by atoms with Crippen LogP contribution in [0.4, 0.5) is 0 Å². The summed E-state index contributed by atoms with van der Waals surface area (Å²) in [5, 5.41) is 0. The average Bonchev–Trinajstić information content (AvgIpc) is 2.21. The second-order valence-corrected chi connectivity index (χ2v) is 3.78. The first kappa shape index (κ1) is 13.4. The van der Waals surface area contributed by atoms with E-state index in [4.69, 9.17) is 0 Å². The normalized spacial score (nSPS) is 11.0. The monoisotopic (exact) mass is 196 g/mol. The minimum Gasteiger partial charge on any atom is -0.295 e. The van der Waals surface area contributed by atoms with Crippen LogP contribution in [0, 0.1) is 0 Å². The first-order chi connectivity index (χ1) is 6.81. The third-order valence-electron chi connectivity index (χ3n) is 2.38. The zero-order chi connectivity index (χ0) is 10.6. The predicted octanol–water partition coefficient (Wildman–Crippen LogP) is 4.27. The Balaban J connectivity index is 3.13. The molecule has 0 radical (unpaired) electrons. The van der Waals surface area contributed by atoms with Gasteiger partial charge in [0.2, 0.25) is 0 Å². The summed E-state index contributed by atoms with van der Waals surface area (Å²) in [5.41, 5.74) is 0. The molecule has 14 heavy (non-hydrogen) atoms. The molecule has 0 aliphatic carbocycles. The number of hydrogen-bond donors (Lipinski definition) is 0. The Morgan fingerprint density at radius 1 is 1.00 bits per heavy atom. The van der Waals surface area contributed by atoms with E-state index in [9.17, 15) is 4.79 Å². The van der Waals surface area contributed by atoms with E-state index in [1.165, 1.54) is 38.5 Å². The average molecular weight is 196 g/mol. The van der Waals surface area contributed by atoms with Crippen LogP contribution in [0.2, 0.25) is 0 Å². The Morgan fingerprint density at radius 3 is 2.29 bits per heavy atom. The summed E-state index contributed by atoms with van der Waals surface area (Å²) < 4.78 is 0. The van der Waals surface area contributed by atoms with Gasteiger partial charge >= 0.3 is 0 Å². The lowest BCUT2D eigenvalue weighted by atomic mass is 10.1. The van der Waals surface area contributed by atoms with Crippen LogP contribution in [-0.2, 0) is 4.79 Å². The van der Waals surface area contributed by atoms with Gasteiger partial charge in [-0.3, -0.25) is 4.79 Å². The van der Waals surface area contributed by atoms with E-state index in [-0.39, 0.29) is 5.78 Å². The molecule has 0 fully saturated rings. The van der Waals surface area contributed by atoms with E-state index in [0.29, 0.717) is 6.42 Å². The number of carbonyl (C=O) groups is 1. The molecule has 0 N–H and O–H groups in total. The van der Waals surface area contributed by atoms with Crippen LogP contribution in [0.3, 0.4) is 0 Å². The number of hydrogen-bond acceptors (Lipinski definition) is 1. The van der Waals surface area contributed by atoms with E-state index in [1.807, 2.05) is 13.0 Å². The minimum atomic E-state index is 0.246. The molecule has 0 aliphatic heterocycles. The van der Waals surface area contributed by atoms with Crippen LogP contribution in [0.5, 0.6) is 0 Å². The lowest BCUT2D eigenvalue weighted by Gasteiger charge is -1.97. The van der Waals surface area contributed by atoms with E-state index in [2.05, 4.69) is 6.92 Å². The quantitative estimate of drug-likeness (QED) is 0.397. The topological polar surface area (TPSA) is 17.1 Å². The Labute approximate surface area is 88.6 Å². The molecule has 1 heteroatoms. The van der Waals surface area contributed by atoms with Crippen LogP contribution in [0.1, 0.15) is 65.2 Å². The maximum absolute atomic E-state index is 10.9. The molecule has 0 spiro atoms. The Bertz CT molecular complexity index is 159. The summed E-state index contributed by atoms with van der Waals surface area (Å²) in [7, 11) is 0. The van der Waals surface area contributed by atoms with Gasteiger partial charge in [-0.25, -0.2) is 0 Å². The molecule has 0 unspecified atom stereocenters. The van der Waals surface area contributed by atoms with Gasteiger partial charge in [0, 0.05) is 6.42 Å². The van der Waals surface area contributed by atoms with Crippen LogP contribution in [-0.4, -0.2) is 5.78 Å². The fourth-order valence-corrected chi connectivity index (χ4v) is 1.38. The molecule has 0 atom stereocenters. The molecule has 0 heterocycles. The van der Waals surface area contributed by atoms with Crippen molar-refractivity contribution < 1.29 is 4.79 Å². The number of allylic oxidation sites excluding steroid dienone is 2. The summed E-state index contributed by atoms with van der Waals surface area (Å²) in [6.07, 6.45) is 13.4. The number of rotatable bonds is 9. The molecule has 1 nitrogen and oxygen atoms in total. The summed E-state index contributed by atoms with van der Waals surface area (Å²) in [6.45, 7) is 4.14. The van der Waals surface area contributed by atoms with Gasteiger partial charge in [0.15, 0.2) is 5.78 Å². The third kappa shape index (κ3) is 9.50. The van der Waals surface area contributed by atoms with Crippen LogP contribution in [0.15, 0.2) is 12.2 Å². The van der Waals surface area contributed by atoms with Gasteiger partial charge in [-0.2, -0.15) is 0 Å². The second-order valence-electron chi connectivity index (χ2n) is 3.78. The summed E-state index contributed by atoms with van der Waals surface area (Å²) >= 11 is 0. The van der Waals surface area contributed by atoms with E-state index < -0.39 is 0 Å². The predicted molar refractivity (Wildman–Crippen MR) is 62.4 cm³/mol. The molecule has 0 aliphatic rings. The van der Waals surface area contributed by atoms with Crippen molar-refractivity contribution >= 4 is 5.78 Å². The molecule has 0 bridgehead atoms. The van der Waals surface area contributed by atoms with Crippen LogP contribution in [0.25, 0.3) is 0 Å². The van der Waals surface area contributed by atoms with Gasteiger partial charge < -0.3 is 0 Å². The highest BCUT2D eigenvalue weighted by atomic mass is 16.1. The zero-order valence-electron chi connectivity index (χ0n) is 9.72. The SMILES string of the molecule is CCCCCCCCC=CC(=O)CC. The molecule has 82 valence electrons. The van der Waals surface area contributed by atoms with Crippen molar-refractivity contribution in [3.63, 3.8) is 0 Å². The standard InChI is InChI=1S/C13H24O/c1-3-5-6-7-8-9-10-11-12-13(14)4-2/h11-12H,3-10H2,1-2H3. The molecule has 0 aromatic rings. The van der Waals surface area contributed by atoms with Crippen molar-refractivity contribution in [1.82, 2.24) is 0 Å². The van der Waals surface area contributed by atoms with Crippen molar-refractivity contribution in [2.75, 3.05) is 0 Å². The van der Waals surface area contributed by atoms with Gasteiger partial charge in [0.25, 0.3) is 0 Å². The highest BCUT2D eigenvalue weighted by Crippen LogP contribution is 2.07. The Kier molecular flexibility index (Phi) is 10.0. The second kappa shape index (κ2) is 10.5. The first-order valence-corrected chi connectivity index (χ1v) is 6.00. The van der Waals surface area contributed by atoms with Crippen LogP contribution < -0.4 is 0 Å². The number of carbonyl (C=O) groups excluding carboxylic acids is 1. The van der Waals surface area contributed by atoms with Crippen molar-refractivity contribution in [3.05, 3.63) is 12.2 Å². The van der Waals surface area contributed by atoms with E-state index in [1.54, 1.807) is 6.08 Å². The van der Waals surface area contributed by atoms with Gasteiger partial charge in [0.05, 0.1) is 0 Å². The maximum atomic E-state index is 10.9. The van der Waals surface area contributed by atoms with Crippen molar-refractivity contribution in [3.8, 4) is 0 Å². The molecule has 0 aromatic carbocycles. The van der Waals surface area contributed by atoms with Crippen molar-refractivity contribution in [2.45, 2.75) is 65.2 Å². The number of ketones is 1. The number of unbranched alkanes of at least 4 members (excludes halogenated alkanes) is 6. The summed E-state index contributed by atoms with van der Waals surface area (Å²) in [5.74, 6) is 0.246. The Morgan fingerprint density at radius 2 is 1.64 bits per heavy atom. The smallest absolute Gasteiger partial charge is 0.155 e. The van der Waals surface area contributed by atoms with Gasteiger partial charge in [-0.15, -0.1) is 0 Å². The lowest BCUT2D eigenvalue weighted by Crippen LogP contribution is -1.86. The molecule has 0 amide bonds. The maximum Gasteiger partial charge on any atom is 0.155 e. The molecule has 0 saturated heterocycles. The van der Waals surface area contributed by atoms with E-state index in [0.717, 1.165) is 6.42 Å². The highest BCUT2D eigenvalue weighted by molar-refractivity contribution is 5.89. The first-order valence-electron chi connectivity index (χ1n) is 6.00. The molecule has 0 aromatic heterocycles. The van der Waals surface area contributed by atoms with E-state index >= 15 is 0 Å². The fraction of sp³-hybridized carbons (Fsp3) is 0.769. The Hall–Kier alpha value is -0.590. The molecular formula is C13H24O. The molecule has 0 saturated carbocycles. The van der Waals surface area contributed by atoms with Gasteiger partial charge in [-0.1, -0.05) is 52.0 Å². The largest absolute Gasteiger partial charge is 0.295 e. The van der Waals surface area contributed by atoms with Gasteiger partial charge in [-0.05, 0) is 18.9 Å².